The lowest BCUT2D eigenvalue weighted by atomic mass is 10.0. The Labute approximate surface area is 126 Å². The van der Waals surface area contributed by atoms with Crippen LogP contribution in [-0.2, 0) is 0 Å². The first kappa shape index (κ1) is 12.6. The maximum absolute atomic E-state index is 12.2. The zero-order valence-corrected chi connectivity index (χ0v) is 11.6. The number of para-hydroxylation sites is 1. The van der Waals surface area contributed by atoms with Gasteiger partial charge >= 0.3 is 0 Å². The average molecular weight is 291 g/mol. The molecule has 108 valence electrons. The van der Waals surface area contributed by atoms with Crippen molar-refractivity contribution in [3.05, 3.63) is 66.1 Å². The number of amides is 1. The zero-order chi connectivity index (χ0) is 14.9. The van der Waals surface area contributed by atoms with Gasteiger partial charge in [0.05, 0.1) is 17.5 Å². The van der Waals surface area contributed by atoms with E-state index in [1.807, 2.05) is 30.3 Å². The Balaban J connectivity index is 1.73. The summed E-state index contributed by atoms with van der Waals surface area (Å²) in [4.78, 5) is 16.4. The third-order valence-electron chi connectivity index (χ3n) is 3.68. The van der Waals surface area contributed by atoms with E-state index in [-0.39, 0.29) is 12.1 Å². The van der Waals surface area contributed by atoms with Crippen molar-refractivity contribution in [1.82, 2.24) is 20.5 Å². The number of nitrogens with zero attached hydrogens (tertiary/aromatic N) is 2. The normalized spacial score (nSPS) is 16.5. The number of hydrogen-bond acceptors (Lipinski definition) is 4. The number of aromatic nitrogens is 3. The molecule has 0 saturated carbocycles. The van der Waals surface area contributed by atoms with Gasteiger partial charge in [0.15, 0.2) is 0 Å². The Morgan fingerprint density at radius 2 is 1.91 bits per heavy atom. The minimum absolute atomic E-state index is 0.0994. The fourth-order valence-electron chi connectivity index (χ4n) is 2.62. The van der Waals surface area contributed by atoms with Crippen molar-refractivity contribution in [3.8, 4) is 11.3 Å². The van der Waals surface area contributed by atoms with Gasteiger partial charge in [-0.25, -0.2) is 0 Å². The summed E-state index contributed by atoms with van der Waals surface area (Å²) in [5.41, 5.74) is 4.09. The minimum atomic E-state index is -0.337. The maximum atomic E-state index is 12.2. The van der Waals surface area contributed by atoms with Crippen molar-refractivity contribution < 1.29 is 4.79 Å². The van der Waals surface area contributed by atoms with Crippen molar-refractivity contribution in [1.29, 1.82) is 0 Å². The SMILES string of the molecule is O=C1N[C@H](c2cn[nH]c2-c2cccnc2)Nc2ccccc21. The first-order valence-corrected chi connectivity index (χ1v) is 6.93. The smallest absolute Gasteiger partial charge is 0.255 e. The Kier molecular flexibility index (Phi) is 2.86. The highest BCUT2D eigenvalue weighted by Crippen LogP contribution is 2.30. The summed E-state index contributed by atoms with van der Waals surface area (Å²) in [7, 11) is 0. The summed E-state index contributed by atoms with van der Waals surface area (Å²) < 4.78 is 0. The highest BCUT2D eigenvalue weighted by atomic mass is 16.2. The highest BCUT2D eigenvalue weighted by Gasteiger charge is 2.27. The van der Waals surface area contributed by atoms with Crippen molar-refractivity contribution in [3.63, 3.8) is 0 Å². The highest BCUT2D eigenvalue weighted by molar-refractivity contribution is 6.01. The van der Waals surface area contributed by atoms with Gasteiger partial charge in [0.25, 0.3) is 5.91 Å². The summed E-state index contributed by atoms with van der Waals surface area (Å²) in [5, 5.41) is 13.4. The predicted octanol–water partition coefficient (Wildman–Crippen LogP) is 2.33. The number of pyridine rings is 1. The standard InChI is InChI=1S/C16H13N5O/c22-16-11-5-1-2-6-13(11)19-15(20-16)12-9-18-21-14(12)10-4-3-7-17-8-10/h1-9,15,19H,(H,18,21)(H,20,22)/t15-/m1/s1. The number of aromatic amines is 1. The maximum Gasteiger partial charge on any atom is 0.255 e. The molecule has 0 saturated heterocycles. The number of benzene rings is 1. The summed E-state index contributed by atoms with van der Waals surface area (Å²) in [6, 6.07) is 11.2. The van der Waals surface area contributed by atoms with Crippen LogP contribution in [0.1, 0.15) is 22.1 Å². The van der Waals surface area contributed by atoms with E-state index in [0.717, 1.165) is 22.5 Å². The van der Waals surface area contributed by atoms with Gasteiger partial charge in [0.1, 0.15) is 6.17 Å². The lowest BCUT2D eigenvalue weighted by Gasteiger charge is -2.27. The quantitative estimate of drug-likeness (QED) is 0.676. The molecule has 1 aliphatic heterocycles. The molecule has 3 heterocycles. The monoisotopic (exact) mass is 291 g/mol. The third-order valence-corrected chi connectivity index (χ3v) is 3.68. The molecule has 4 rings (SSSR count). The van der Waals surface area contributed by atoms with Crippen molar-refractivity contribution in [2.24, 2.45) is 0 Å². The van der Waals surface area contributed by atoms with E-state index in [0.29, 0.717) is 5.56 Å². The molecule has 0 bridgehead atoms. The molecule has 0 radical (unpaired) electrons. The van der Waals surface area contributed by atoms with E-state index in [1.165, 1.54) is 0 Å². The molecule has 1 aliphatic rings. The first-order chi connectivity index (χ1) is 10.8. The molecular formula is C16H13N5O. The lowest BCUT2D eigenvalue weighted by Crippen LogP contribution is -2.38. The Hall–Kier alpha value is -3.15. The van der Waals surface area contributed by atoms with Gasteiger partial charge in [0, 0.05) is 29.2 Å². The van der Waals surface area contributed by atoms with Gasteiger partial charge in [0.2, 0.25) is 0 Å². The molecule has 0 unspecified atom stereocenters. The van der Waals surface area contributed by atoms with Gasteiger partial charge in [-0.15, -0.1) is 0 Å². The second-order valence-corrected chi connectivity index (χ2v) is 5.04. The third kappa shape index (κ3) is 2.01. The average Bonchev–Trinajstić information content (AvgIpc) is 3.05. The molecule has 6 nitrogen and oxygen atoms in total. The summed E-state index contributed by atoms with van der Waals surface area (Å²) in [6.07, 6.45) is 4.86. The molecule has 1 amide bonds. The van der Waals surface area contributed by atoms with E-state index in [9.17, 15) is 4.79 Å². The van der Waals surface area contributed by atoms with Crippen LogP contribution in [0, 0.1) is 0 Å². The van der Waals surface area contributed by atoms with Crippen molar-refractivity contribution >= 4 is 11.6 Å². The minimum Gasteiger partial charge on any atom is -0.361 e. The van der Waals surface area contributed by atoms with E-state index in [1.54, 1.807) is 24.7 Å². The van der Waals surface area contributed by atoms with E-state index < -0.39 is 0 Å². The molecule has 0 spiro atoms. The predicted molar refractivity (Wildman–Crippen MR) is 82.1 cm³/mol. The van der Waals surface area contributed by atoms with E-state index >= 15 is 0 Å². The van der Waals surface area contributed by atoms with Crippen LogP contribution in [0.3, 0.4) is 0 Å². The molecule has 22 heavy (non-hydrogen) atoms. The Morgan fingerprint density at radius 1 is 1.00 bits per heavy atom. The molecular weight excluding hydrogens is 278 g/mol. The molecule has 3 aromatic rings. The van der Waals surface area contributed by atoms with E-state index in [2.05, 4.69) is 25.8 Å². The van der Waals surface area contributed by atoms with Crippen LogP contribution in [-0.4, -0.2) is 21.1 Å². The number of anilines is 1. The summed E-state index contributed by atoms with van der Waals surface area (Å²) in [5.74, 6) is -0.0994. The second kappa shape index (κ2) is 5.00. The first-order valence-electron chi connectivity index (χ1n) is 6.93. The Morgan fingerprint density at radius 3 is 2.77 bits per heavy atom. The number of hydrogen-bond donors (Lipinski definition) is 3. The second-order valence-electron chi connectivity index (χ2n) is 5.04. The fourth-order valence-corrected chi connectivity index (χ4v) is 2.62. The number of carbonyl (C=O) groups is 1. The number of fused-ring (bicyclic) bond motifs is 1. The van der Waals surface area contributed by atoms with Crippen molar-refractivity contribution in [2.75, 3.05) is 5.32 Å². The fraction of sp³-hybridized carbons (Fsp3) is 0.0625. The number of carbonyl (C=O) groups excluding carboxylic acids is 1. The van der Waals surface area contributed by atoms with Gasteiger partial charge in [-0.2, -0.15) is 5.10 Å². The van der Waals surface area contributed by atoms with Gasteiger partial charge in [-0.1, -0.05) is 12.1 Å². The largest absolute Gasteiger partial charge is 0.361 e. The molecule has 0 aliphatic carbocycles. The van der Waals surface area contributed by atoms with Crippen molar-refractivity contribution in [2.45, 2.75) is 6.17 Å². The molecule has 3 N–H and O–H groups in total. The zero-order valence-electron chi connectivity index (χ0n) is 11.6. The molecule has 2 aromatic heterocycles. The van der Waals surface area contributed by atoms with Crippen LogP contribution in [0.4, 0.5) is 5.69 Å². The lowest BCUT2D eigenvalue weighted by molar-refractivity contribution is 0.0936. The molecule has 0 fully saturated rings. The Bertz CT molecular complexity index is 827. The number of H-pyrrole nitrogens is 1. The van der Waals surface area contributed by atoms with Crippen LogP contribution in [0.25, 0.3) is 11.3 Å². The number of nitrogens with one attached hydrogen (secondary N) is 3. The molecule has 1 atom stereocenters. The van der Waals surface area contributed by atoms with Gasteiger partial charge < -0.3 is 10.6 Å². The molecule has 6 heteroatoms. The van der Waals surface area contributed by atoms with Crippen LogP contribution in [0.2, 0.25) is 0 Å². The van der Waals surface area contributed by atoms with Gasteiger partial charge in [-0.3, -0.25) is 14.9 Å². The van der Waals surface area contributed by atoms with Crippen LogP contribution < -0.4 is 10.6 Å². The van der Waals surface area contributed by atoms with E-state index in [4.69, 9.17) is 0 Å². The van der Waals surface area contributed by atoms with Crippen LogP contribution in [0.5, 0.6) is 0 Å². The van der Waals surface area contributed by atoms with Crippen LogP contribution in [0.15, 0.2) is 55.0 Å². The van der Waals surface area contributed by atoms with Crippen LogP contribution >= 0.6 is 0 Å². The topological polar surface area (TPSA) is 82.7 Å². The summed E-state index contributed by atoms with van der Waals surface area (Å²) in [6.45, 7) is 0. The van der Waals surface area contributed by atoms with Gasteiger partial charge in [-0.05, 0) is 24.3 Å². The number of rotatable bonds is 2. The molecule has 1 aromatic carbocycles. The summed E-state index contributed by atoms with van der Waals surface area (Å²) >= 11 is 0.